The molecule has 10 nitrogen and oxygen atoms in total. The van der Waals surface area contributed by atoms with Crippen LogP contribution < -0.4 is 20.1 Å². The van der Waals surface area contributed by atoms with Crippen LogP contribution in [0.1, 0.15) is 19.0 Å². The van der Waals surface area contributed by atoms with Gasteiger partial charge in [0.05, 0.1) is 26.0 Å². The van der Waals surface area contributed by atoms with E-state index in [1.54, 1.807) is 6.07 Å². The molecule has 11 heteroatoms. The second-order valence-corrected chi connectivity index (χ2v) is 5.81. The Bertz CT molecular complexity index is 954. The number of amides is 2. The van der Waals surface area contributed by atoms with Crippen molar-refractivity contribution in [3.05, 3.63) is 29.0 Å². The lowest BCUT2D eigenvalue weighted by atomic mass is 10.2. The minimum absolute atomic E-state index is 0.00766. The molecule has 0 saturated carbocycles. The highest BCUT2D eigenvalue weighted by Crippen LogP contribution is 2.23. The molecule has 3 heterocycles. The molecular formula is C16H18ClN7O3. The minimum Gasteiger partial charge on any atom is -0.481 e. The van der Waals surface area contributed by atoms with Crippen molar-refractivity contribution in [2.75, 3.05) is 24.9 Å². The molecule has 3 aromatic heterocycles. The van der Waals surface area contributed by atoms with Crippen LogP contribution in [0.4, 0.5) is 16.6 Å². The van der Waals surface area contributed by atoms with Crippen LogP contribution in [0.25, 0.3) is 5.65 Å². The van der Waals surface area contributed by atoms with Crippen LogP contribution in [0.15, 0.2) is 18.2 Å². The summed E-state index contributed by atoms with van der Waals surface area (Å²) in [6.07, 6.45) is 1.74. The summed E-state index contributed by atoms with van der Waals surface area (Å²) >= 11 is 6.15. The first-order valence-corrected chi connectivity index (χ1v) is 8.51. The summed E-state index contributed by atoms with van der Waals surface area (Å²) in [5.74, 6) is 0.747. The Morgan fingerprint density at radius 1 is 1.15 bits per heavy atom. The molecule has 0 aliphatic heterocycles. The zero-order valence-corrected chi connectivity index (χ0v) is 15.7. The quantitative estimate of drug-likeness (QED) is 0.663. The Morgan fingerprint density at radius 2 is 1.85 bits per heavy atom. The van der Waals surface area contributed by atoms with Crippen molar-refractivity contribution in [3.63, 3.8) is 0 Å². The normalized spacial score (nSPS) is 10.7. The molecule has 142 valence electrons. The van der Waals surface area contributed by atoms with E-state index in [-0.39, 0.29) is 28.7 Å². The van der Waals surface area contributed by atoms with E-state index in [0.717, 1.165) is 18.5 Å². The Balaban J connectivity index is 1.83. The largest absolute Gasteiger partial charge is 0.481 e. The van der Waals surface area contributed by atoms with Crippen LogP contribution in [0.3, 0.4) is 0 Å². The molecule has 0 aliphatic rings. The lowest BCUT2D eigenvalue weighted by Gasteiger charge is -2.09. The van der Waals surface area contributed by atoms with E-state index in [0.29, 0.717) is 5.65 Å². The van der Waals surface area contributed by atoms with Gasteiger partial charge in [-0.2, -0.15) is 19.6 Å². The van der Waals surface area contributed by atoms with Gasteiger partial charge >= 0.3 is 6.03 Å². The van der Waals surface area contributed by atoms with E-state index in [1.807, 2.05) is 6.07 Å². The number of anilines is 2. The maximum Gasteiger partial charge on any atom is 0.327 e. The third-order valence-electron chi connectivity index (χ3n) is 3.55. The highest BCUT2D eigenvalue weighted by atomic mass is 35.5. The summed E-state index contributed by atoms with van der Waals surface area (Å²) in [5, 5.41) is 9.70. The van der Waals surface area contributed by atoms with Crippen molar-refractivity contribution in [1.82, 2.24) is 24.6 Å². The van der Waals surface area contributed by atoms with Crippen molar-refractivity contribution < 1.29 is 14.3 Å². The fourth-order valence-electron chi connectivity index (χ4n) is 2.35. The van der Waals surface area contributed by atoms with Crippen LogP contribution in [0.5, 0.6) is 11.8 Å². The van der Waals surface area contributed by atoms with Crippen molar-refractivity contribution >= 4 is 35.0 Å². The SMILES string of the molecule is CCCc1ccc2nc(Cl)c(NC(=O)Nc3nc(OC)cc(OC)n3)n2n1. The first kappa shape index (κ1) is 18.6. The molecular weight excluding hydrogens is 374 g/mol. The van der Waals surface area contributed by atoms with Gasteiger partial charge in [0.2, 0.25) is 17.7 Å². The molecule has 0 spiro atoms. The standard InChI is InChI=1S/C16H18ClN7O3/c1-4-5-9-6-7-10-18-13(17)14(24(10)23-9)21-16(25)22-15-19-11(26-2)8-12(20-15)27-3/h6-8H,4-5H2,1-3H3,(H2,19,20,21,22,25). The van der Waals surface area contributed by atoms with E-state index in [9.17, 15) is 4.79 Å². The summed E-state index contributed by atoms with van der Waals surface area (Å²) in [4.78, 5) is 24.6. The number of carbonyl (C=O) groups is 1. The Hall–Kier alpha value is -3.14. The van der Waals surface area contributed by atoms with E-state index in [2.05, 4.69) is 37.6 Å². The second kappa shape index (κ2) is 8.04. The molecule has 2 amide bonds. The van der Waals surface area contributed by atoms with Crippen LogP contribution in [-0.4, -0.2) is 44.8 Å². The van der Waals surface area contributed by atoms with E-state index in [4.69, 9.17) is 21.1 Å². The van der Waals surface area contributed by atoms with Crippen molar-refractivity contribution in [1.29, 1.82) is 0 Å². The van der Waals surface area contributed by atoms with Crippen molar-refractivity contribution in [2.45, 2.75) is 19.8 Å². The van der Waals surface area contributed by atoms with E-state index >= 15 is 0 Å². The zero-order valence-electron chi connectivity index (χ0n) is 15.0. The van der Waals surface area contributed by atoms with Crippen LogP contribution in [0, 0.1) is 0 Å². The summed E-state index contributed by atoms with van der Waals surface area (Å²) in [6.45, 7) is 2.06. The maximum atomic E-state index is 12.4. The first-order chi connectivity index (χ1) is 13.0. The number of rotatable bonds is 6. The maximum absolute atomic E-state index is 12.4. The summed E-state index contributed by atoms with van der Waals surface area (Å²) in [5.41, 5.74) is 1.39. The van der Waals surface area contributed by atoms with Crippen LogP contribution >= 0.6 is 11.6 Å². The fourth-order valence-corrected chi connectivity index (χ4v) is 2.56. The zero-order chi connectivity index (χ0) is 19.4. The lowest BCUT2D eigenvalue weighted by Crippen LogP contribution is -2.22. The Kier molecular flexibility index (Phi) is 5.55. The van der Waals surface area contributed by atoms with Crippen molar-refractivity contribution in [3.8, 4) is 11.8 Å². The second-order valence-electron chi connectivity index (χ2n) is 5.45. The monoisotopic (exact) mass is 391 g/mol. The van der Waals surface area contributed by atoms with Gasteiger partial charge in [0.25, 0.3) is 0 Å². The molecule has 3 aromatic rings. The molecule has 0 saturated heterocycles. The molecule has 0 fully saturated rings. The molecule has 0 atom stereocenters. The van der Waals surface area contributed by atoms with Gasteiger partial charge in [0, 0.05) is 0 Å². The predicted octanol–water partition coefficient (Wildman–Crippen LogP) is 2.79. The first-order valence-electron chi connectivity index (χ1n) is 8.13. The topological polar surface area (TPSA) is 116 Å². The van der Waals surface area contributed by atoms with Gasteiger partial charge in [0.1, 0.15) is 0 Å². The van der Waals surface area contributed by atoms with Gasteiger partial charge in [-0.3, -0.25) is 10.6 Å². The molecule has 0 radical (unpaired) electrons. The third-order valence-corrected chi connectivity index (χ3v) is 3.81. The van der Waals surface area contributed by atoms with Gasteiger partial charge in [0.15, 0.2) is 16.6 Å². The number of aromatic nitrogens is 5. The van der Waals surface area contributed by atoms with Gasteiger partial charge in [-0.1, -0.05) is 24.9 Å². The number of imidazole rings is 1. The molecule has 0 aliphatic carbocycles. The van der Waals surface area contributed by atoms with Gasteiger partial charge in [-0.15, -0.1) is 0 Å². The lowest BCUT2D eigenvalue weighted by molar-refractivity contribution is 0.262. The minimum atomic E-state index is -0.614. The fraction of sp³-hybridized carbons (Fsp3) is 0.312. The Labute approximate surface area is 159 Å². The predicted molar refractivity (Wildman–Crippen MR) is 99.8 cm³/mol. The summed E-state index contributed by atoms with van der Waals surface area (Å²) in [7, 11) is 2.90. The number of urea groups is 1. The molecule has 27 heavy (non-hydrogen) atoms. The number of halogens is 1. The number of aryl methyl sites for hydroxylation is 1. The van der Waals surface area contributed by atoms with Gasteiger partial charge < -0.3 is 9.47 Å². The third kappa shape index (κ3) is 4.17. The number of hydrogen-bond acceptors (Lipinski definition) is 7. The number of methoxy groups -OCH3 is 2. The van der Waals surface area contributed by atoms with Gasteiger partial charge in [-0.25, -0.2) is 9.78 Å². The highest BCUT2D eigenvalue weighted by Gasteiger charge is 2.16. The van der Waals surface area contributed by atoms with E-state index in [1.165, 1.54) is 24.8 Å². The molecule has 2 N–H and O–H groups in total. The average Bonchev–Trinajstić information content (AvgIpc) is 2.96. The highest BCUT2D eigenvalue weighted by molar-refractivity contribution is 6.32. The smallest absolute Gasteiger partial charge is 0.327 e. The van der Waals surface area contributed by atoms with E-state index < -0.39 is 6.03 Å². The number of hydrogen-bond donors (Lipinski definition) is 2. The van der Waals surface area contributed by atoms with Crippen LogP contribution in [-0.2, 0) is 6.42 Å². The summed E-state index contributed by atoms with van der Waals surface area (Å²) in [6, 6.07) is 4.55. The summed E-state index contributed by atoms with van der Waals surface area (Å²) < 4.78 is 11.6. The van der Waals surface area contributed by atoms with Crippen molar-refractivity contribution in [2.24, 2.45) is 0 Å². The number of ether oxygens (including phenoxy) is 2. The molecule has 3 rings (SSSR count). The molecule has 0 unspecified atom stereocenters. The average molecular weight is 392 g/mol. The van der Waals surface area contributed by atoms with Gasteiger partial charge in [-0.05, 0) is 18.6 Å². The number of nitrogens with one attached hydrogen (secondary N) is 2. The number of fused-ring (bicyclic) bond motifs is 1. The number of nitrogens with zero attached hydrogens (tertiary/aromatic N) is 5. The molecule has 0 aromatic carbocycles. The van der Waals surface area contributed by atoms with Crippen LogP contribution in [0.2, 0.25) is 5.15 Å². The molecule has 0 bridgehead atoms. The number of carbonyl (C=O) groups excluding carboxylic acids is 1. The Morgan fingerprint density at radius 3 is 2.48 bits per heavy atom.